The van der Waals surface area contributed by atoms with Crippen LogP contribution in [0.15, 0.2) is 29.9 Å². The maximum atomic E-state index is 14.6. The predicted octanol–water partition coefficient (Wildman–Crippen LogP) is 4.59. The number of nitrogens with one attached hydrogen (secondary N) is 1. The average molecular weight is 458 g/mol. The van der Waals surface area contributed by atoms with Crippen molar-refractivity contribution in [2.45, 2.75) is 96.5 Å². The number of rotatable bonds is 5. The maximum Gasteiger partial charge on any atom is 0.410 e. The molecule has 2 aliphatic carbocycles. The van der Waals surface area contributed by atoms with Crippen LogP contribution in [-0.2, 0) is 16.7 Å². The van der Waals surface area contributed by atoms with E-state index in [9.17, 15) is 9.18 Å². The van der Waals surface area contributed by atoms with Crippen LogP contribution in [0, 0.1) is 5.92 Å². The number of hydrogen-bond donors (Lipinski definition) is 2. The van der Waals surface area contributed by atoms with Crippen LogP contribution in [0.5, 0.6) is 0 Å². The molecule has 2 heterocycles. The minimum absolute atomic E-state index is 0.0961. The van der Waals surface area contributed by atoms with E-state index in [1.807, 2.05) is 31.7 Å². The lowest BCUT2D eigenvalue weighted by atomic mass is 9.73. The number of hydrogen-bond acceptors (Lipinski definition) is 6. The number of amides is 1. The summed E-state index contributed by atoms with van der Waals surface area (Å²) >= 11 is 0. The van der Waals surface area contributed by atoms with E-state index in [1.165, 1.54) is 0 Å². The van der Waals surface area contributed by atoms with Gasteiger partial charge in [-0.25, -0.2) is 19.2 Å². The van der Waals surface area contributed by atoms with Crippen molar-refractivity contribution in [2.24, 2.45) is 11.7 Å². The molecule has 8 heteroatoms. The standard InChI is InChI=1S/C25H36FN5O2/c1-14(2)33-24(32)31-16(4)9-17-10-18(31)11-25(17,5)22-19(12-27)23(29-13-28-22)30-21-7-6-15(3)8-20(21)26/h6,8,13-14,16-18,21H,7,9-12,27H2,1-5H3,(H,28,29,30). The number of aromatic nitrogens is 2. The largest absolute Gasteiger partial charge is 0.447 e. The van der Waals surface area contributed by atoms with Crippen molar-refractivity contribution in [2.75, 3.05) is 5.32 Å². The molecule has 1 aromatic rings. The first-order valence-corrected chi connectivity index (χ1v) is 12.0. The van der Waals surface area contributed by atoms with Crippen molar-refractivity contribution >= 4 is 11.9 Å². The van der Waals surface area contributed by atoms with Gasteiger partial charge in [-0.2, -0.15) is 0 Å². The van der Waals surface area contributed by atoms with E-state index >= 15 is 0 Å². The van der Waals surface area contributed by atoms with Gasteiger partial charge in [0.05, 0.1) is 17.8 Å². The van der Waals surface area contributed by atoms with Crippen molar-refractivity contribution in [1.82, 2.24) is 14.9 Å². The quantitative estimate of drug-likeness (QED) is 0.671. The van der Waals surface area contributed by atoms with Crippen LogP contribution in [0.2, 0.25) is 0 Å². The molecule has 0 aromatic carbocycles. The number of anilines is 1. The van der Waals surface area contributed by atoms with Gasteiger partial charge in [-0.3, -0.25) is 0 Å². The number of ether oxygens (including phenoxy) is 1. The zero-order valence-electron chi connectivity index (χ0n) is 20.3. The predicted molar refractivity (Wildman–Crippen MR) is 126 cm³/mol. The highest BCUT2D eigenvalue weighted by Crippen LogP contribution is 2.53. The lowest BCUT2D eigenvalue weighted by Gasteiger charge is -2.39. The number of carbonyl (C=O) groups is 1. The van der Waals surface area contributed by atoms with Crippen molar-refractivity contribution in [3.05, 3.63) is 41.1 Å². The van der Waals surface area contributed by atoms with Crippen LogP contribution >= 0.6 is 0 Å². The van der Waals surface area contributed by atoms with Gasteiger partial charge in [0.15, 0.2) is 0 Å². The van der Waals surface area contributed by atoms with Gasteiger partial charge in [0.2, 0.25) is 0 Å². The lowest BCUT2D eigenvalue weighted by Crippen LogP contribution is -2.48. The first kappa shape index (κ1) is 23.7. The van der Waals surface area contributed by atoms with Gasteiger partial charge < -0.3 is 20.7 Å². The molecule has 4 rings (SSSR count). The number of fused-ring (bicyclic) bond motifs is 2. The summed E-state index contributed by atoms with van der Waals surface area (Å²) in [6.45, 7) is 10.2. The minimum Gasteiger partial charge on any atom is -0.447 e. The van der Waals surface area contributed by atoms with Gasteiger partial charge in [-0.1, -0.05) is 18.6 Å². The number of piperidine rings is 1. The highest BCUT2D eigenvalue weighted by atomic mass is 19.1. The molecular weight excluding hydrogens is 421 g/mol. The summed E-state index contributed by atoms with van der Waals surface area (Å²) in [5, 5.41) is 3.27. The Morgan fingerprint density at radius 2 is 2.15 bits per heavy atom. The molecule has 5 atom stereocenters. The number of allylic oxidation sites excluding steroid dienone is 2. The number of halogens is 1. The third kappa shape index (κ3) is 4.37. The molecule has 0 spiro atoms. The van der Waals surface area contributed by atoms with Gasteiger partial charge in [0, 0.05) is 29.6 Å². The summed E-state index contributed by atoms with van der Waals surface area (Å²) in [6, 6.07) is -0.267. The van der Waals surface area contributed by atoms with Crippen molar-refractivity contribution in [3.8, 4) is 0 Å². The molecule has 1 saturated carbocycles. The molecular formula is C25H36FN5O2. The Kier molecular flexibility index (Phi) is 6.49. The maximum absolute atomic E-state index is 14.6. The second-order valence-corrected chi connectivity index (χ2v) is 10.3. The Bertz CT molecular complexity index is 978. The third-order valence-corrected chi connectivity index (χ3v) is 7.53. The average Bonchev–Trinajstić information content (AvgIpc) is 3.00. The number of nitrogens with two attached hydrogens (primary N) is 1. The van der Waals surface area contributed by atoms with E-state index < -0.39 is 6.04 Å². The third-order valence-electron chi connectivity index (χ3n) is 7.53. The number of carbonyl (C=O) groups excluding carboxylic acids is 1. The van der Waals surface area contributed by atoms with Crippen LogP contribution in [0.25, 0.3) is 0 Å². The fourth-order valence-corrected chi connectivity index (χ4v) is 5.97. The molecule has 33 heavy (non-hydrogen) atoms. The summed E-state index contributed by atoms with van der Waals surface area (Å²) in [7, 11) is 0. The zero-order chi connectivity index (χ0) is 23.9. The topological polar surface area (TPSA) is 93.4 Å². The highest BCUT2D eigenvalue weighted by Gasteiger charge is 2.54. The van der Waals surface area contributed by atoms with E-state index in [4.69, 9.17) is 15.5 Å². The highest BCUT2D eigenvalue weighted by molar-refractivity contribution is 5.69. The summed E-state index contributed by atoms with van der Waals surface area (Å²) in [5.74, 6) is 0.760. The van der Waals surface area contributed by atoms with E-state index in [1.54, 1.807) is 12.4 Å². The van der Waals surface area contributed by atoms with Crippen molar-refractivity contribution < 1.29 is 13.9 Å². The van der Waals surface area contributed by atoms with Gasteiger partial charge in [-0.15, -0.1) is 0 Å². The molecule has 5 unspecified atom stereocenters. The van der Waals surface area contributed by atoms with Crippen molar-refractivity contribution in [1.29, 1.82) is 0 Å². The zero-order valence-corrected chi connectivity index (χ0v) is 20.3. The van der Waals surface area contributed by atoms with Gasteiger partial charge in [-0.05, 0) is 65.4 Å². The molecule has 1 saturated heterocycles. The molecule has 3 N–H and O–H groups in total. The smallest absolute Gasteiger partial charge is 0.410 e. The summed E-state index contributed by atoms with van der Waals surface area (Å²) < 4.78 is 20.1. The molecule has 2 fully saturated rings. The van der Waals surface area contributed by atoms with Crippen molar-refractivity contribution in [3.63, 3.8) is 0 Å². The Labute approximate surface area is 195 Å². The monoisotopic (exact) mass is 457 g/mol. The minimum atomic E-state index is -0.460. The van der Waals surface area contributed by atoms with E-state index in [0.29, 0.717) is 18.2 Å². The molecule has 0 radical (unpaired) electrons. The fraction of sp³-hybridized carbons (Fsp3) is 0.640. The first-order chi connectivity index (χ1) is 15.6. The number of nitrogens with zero attached hydrogens (tertiary/aromatic N) is 3. The first-order valence-electron chi connectivity index (χ1n) is 12.0. The Morgan fingerprint density at radius 1 is 1.39 bits per heavy atom. The second kappa shape index (κ2) is 9.05. The van der Waals surface area contributed by atoms with Crippen LogP contribution in [0.1, 0.15) is 71.6 Å². The molecule has 2 bridgehead atoms. The molecule has 7 nitrogen and oxygen atoms in total. The normalized spacial score (nSPS) is 31.3. The summed E-state index contributed by atoms with van der Waals surface area (Å²) in [6.07, 6.45) is 7.86. The summed E-state index contributed by atoms with van der Waals surface area (Å²) in [4.78, 5) is 23.9. The van der Waals surface area contributed by atoms with E-state index in [-0.39, 0.29) is 42.1 Å². The van der Waals surface area contributed by atoms with Crippen LogP contribution in [0.3, 0.4) is 0 Å². The second-order valence-electron chi connectivity index (χ2n) is 10.3. The van der Waals surface area contributed by atoms with E-state index in [0.717, 1.165) is 36.1 Å². The SMILES string of the molecule is CC1=CCC(Nc2ncnc(C3(C)CC4CC3CC(C)N4C(=O)OC(C)C)c2CN)C(F)=C1. The molecule has 180 valence electrons. The van der Waals surface area contributed by atoms with Gasteiger partial charge in [0.25, 0.3) is 0 Å². The number of likely N-dealkylation sites (tertiary alicyclic amines) is 1. The molecule has 3 aliphatic rings. The Balaban J connectivity index is 1.62. The fourth-order valence-electron chi connectivity index (χ4n) is 5.97. The van der Waals surface area contributed by atoms with Crippen LogP contribution in [0.4, 0.5) is 15.0 Å². The molecule has 1 amide bonds. The summed E-state index contributed by atoms with van der Waals surface area (Å²) in [5.41, 5.74) is 8.62. The molecule has 1 aliphatic heterocycles. The van der Waals surface area contributed by atoms with Gasteiger partial charge in [0.1, 0.15) is 18.0 Å². The Morgan fingerprint density at radius 3 is 2.82 bits per heavy atom. The molecule has 1 aromatic heterocycles. The van der Waals surface area contributed by atoms with Gasteiger partial charge >= 0.3 is 6.09 Å². The lowest BCUT2D eigenvalue weighted by molar-refractivity contribution is 0.0360. The van der Waals surface area contributed by atoms with Crippen LogP contribution < -0.4 is 11.1 Å². The van der Waals surface area contributed by atoms with E-state index in [2.05, 4.69) is 24.1 Å². The van der Waals surface area contributed by atoms with Crippen LogP contribution in [-0.4, -0.2) is 45.2 Å². The Hall–Kier alpha value is -2.48.